The minimum absolute atomic E-state index is 0.0739. The zero-order valence-electron chi connectivity index (χ0n) is 25.4. The van der Waals surface area contributed by atoms with Crippen LogP contribution in [0.4, 0.5) is 0 Å². The number of fused-ring (bicyclic) bond motifs is 6. The van der Waals surface area contributed by atoms with E-state index in [1.807, 2.05) is 51.1 Å². The number of hydrogen-bond acceptors (Lipinski definition) is 7. The first-order valence-electron chi connectivity index (χ1n) is 14.6. The second kappa shape index (κ2) is 10.9. The largest absolute Gasteiger partial charge is 0.455 e. The molecule has 0 aromatic heterocycles. The van der Waals surface area contributed by atoms with Crippen molar-refractivity contribution in [3.63, 3.8) is 0 Å². The highest BCUT2D eigenvalue weighted by molar-refractivity contribution is 5.97. The van der Waals surface area contributed by atoms with Gasteiger partial charge in [0.2, 0.25) is 0 Å². The summed E-state index contributed by atoms with van der Waals surface area (Å²) < 4.78 is 31.3. The number of Topliss-reactive ketones (excluding diaryl/α,β-unsaturated/α-hetero) is 1. The van der Waals surface area contributed by atoms with E-state index in [1.54, 1.807) is 13.2 Å². The van der Waals surface area contributed by atoms with Gasteiger partial charge in [-0.3, -0.25) is 4.79 Å². The molecule has 1 aromatic rings. The van der Waals surface area contributed by atoms with E-state index in [-0.39, 0.29) is 36.6 Å². The Morgan fingerprint density at radius 2 is 1.83 bits per heavy atom. The highest BCUT2D eigenvalue weighted by atomic mass is 16.8. The van der Waals surface area contributed by atoms with Gasteiger partial charge in [0.15, 0.2) is 11.6 Å². The summed E-state index contributed by atoms with van der Waals surface area (Å²) in [4.78, 5) is 26.5. The number of carbonyl (C=O) groups excluding carboxylic acids is 2. The molecule has 222 valence electrons. The minimum atomic E-state index is -0.831. The van der Waals surface area contributed by atoms with Gasteiger partial charge in [-0.25, -0.2) is 4.79 Å². The Kier molecular flexibility index (Phi) is 7.96. The number of ketones is 1. The summed E-state index contributed by atoms with van der Waals surface area (Å²) in [5.41, 5.74) is 2.59. The molecule has 7 atom stereocenters. The number of ether oxygens (including phenoxy) is 5. The van der Waals surface area contributed by atoms with Gasteiger partial charge in [-0.2, -0.15) is 0 Å². The number of esters is 1. The molecule has 0 radical (unpaired) electrons. The average Bonchev–Trinajstić information content (AvgIpc) is 3.24. The van der Waals surface area contributed by atoms with Crippen molar-refractivity contribution < 1.29 is 33.3 Å². The van der Waals surface area contributed by atoms with E-state index in [9.17, 15) is 9.59 Å². The topological polar surface area (TPSA) is 80.3 Å². The van der Waals surface area contributed by atoms with Gasteiger partial charge in [-0.05, 0) is 67.4 Å². The van der Waals surface area contributed by atoms with E-state index < -0.39 is 34.8 Å². The van der Waals surface area contributed by atoms with Gasteiger partial charge in [-0.15, -0.1) is 0 Å². The van der Waals surface area contributed by atoms with Crippen LogP contribution in [0.15, 0.2) is 59.7 Å². The second-order valence-electron chi connectivity index (χ2n) is 13.3. The fraction of sp³-hybridized carbons (Fsp3) is 0.588. The number of rotatable bonds is 6. The molecular formula is C34H44O7. The van der Waals surface area contributed by atoms with E-state index in [0.717, 1.165) is 22.3 Å². The fourth-order valence-electron chi connectivity index (χ4n) is 7.95. The summed E-state index contributed by atoms with van der Waals surface area (Å²) in [5.74, 6) is -1.59. The van der Waals surface area contributed by atoms with E-state index in [2.05, 4.69) is 27.4 Å². The normalized spacial score (nSPS) is 36.0. The highest BCUT2D eigenvalue weighted by Crippen LogP contribution is 2.62. The van der Waals surface area contributed by atoms with E-state index in [4.69, 9.17) is 23.7 Å². The van der Waals surface area contributed by atoms with Gasteiger partial charge < -0.3 is 23.7 Å². The van der Waals surface area contributed by atoms with Crippen LogP contribution < -0.4 is 0 Å². The maximum atomic E-state index is 13.5. The van der Waals surface area contributed by atoms with Crippen LogP contribution in [-0.2, 0) is 33.3 Å². The molecule has 1 saturated heterocycles. The maximum Gasteiger partial charge on any atom is 0.331 e. The van der Waals surface area contributed by atoms with Crippen LogP contribution in [0.5, 0.6) is 0 Å². The molecule has 3 fully saturated rings. The van der Waals surface area contributed by atoms with Crippen molar-refractivity contribution >= 4 is 17.8 Å². The third kappa shape index (κ3) is 5.27. The molecule has 1 heterocycles. The molecule has 7 heteroatoms. The highest BCUT2D eigenvalue weighted by Gasteiger charge is 2.65. The smallest absolute Gasteiger partial charge is 0.331 e. The van der Waals surface area contributed by atoms with Crippen molar-refractivity contribution in [3.8, 4) is 0 Å². The summed E-state index contributed by atoms with van der Waals surface area (Å²) in [7, 11) is 1.60. The lowest BCUT2D eigenvalue weighted by Crippen LogP contribution is -2.62. The molecule has 0 N–H and O–H groups in total. The van der Waals surface area contributed by atoms with Gasteiger partial charge in [0.25, 0.3) is 0 Å². The van der Waals surface area contributed by atoms with Crippen LogP contribution in [-0.4, -0.2) is 55.9 Å². The van der Waals surface area contributed by atoms with E-state index in [1.165, 1.54) is 6.08 Å². The van der Waals surface area contributed by atoms with Gasteiger partial charge in [0, 0.05) is 36.9 Å². The zero-order valence-corrected chi connectivity index (χ0v) is 25.4. The quantitative estimate of drug-likeness (QED) is 0.180. The Hall–Kier alpha value is -2.58. The molecule has 0 spiro atoms. The Balaban J connectivity index is 1.56. The van der Waals surface area contributed by atoms with Crippen LogP contribution in [0.3, 0.4) is 0 Å². The fourth-order valence-corrected chi connectivity index (χ4v) is 7.95. The zero-order chi connectivity index (χ0) is 29.7. The van der Waals surface area contributed by atoms with Crippen molar-refractivity contribution in [1.82, 2.24) is 0 Å². The van der Waals surface area contributed by atoms with Crippen molar-refractivity contribution in [2.75, 3.05) is 13.9 Å². The Labute approximate surface area is 243 Å². The Morgan fingerprint density at radius 3 is 2.51 bits per heavy atom. The second-order valence-corrected chi connectivity index (χ2v) is 13.3. The van der Waals surface area contributed by atoms with Crippen LogP contribution in [0.2, 0.25) is 0 Å². The summed E-state index contributed by atoms with van der Waals surface area (Å²) >= 11 is 0. The number of methoxy groups -OCH3 is 1. The number of allylic oxidation sites excluding steroid dienone is 1. The van der Waals surface area contributed by atoms with Crippen LogP contribution in [0, 0.1) is 22.7 Å². The van der Waals surface area contributed by atoms with Crippen molar-refractivity contribution in [2.45, 2.75) is 91.0 Å². The van der Waals surface area contributed by atoms with Gasteiger partial charge in [0.05, 0.1) is 12.2 Å². The molecule has 5 rings (SSSR count). The molecule has 2 saturated carbocycles. The van der Waals surface area contributed by atoms with E-state index in [0.29, 0.717) is 19.3 Å². The molecule has 4 aliphatic rings. The summed E-state index contributed by atoms with van der Waals surface area (Å²) in [5, 5.41) is 0. The SMILES string of the molecule is C=C1[C@@H](OC(=O)/C=C/c2ccccc2)CC[C@@]2(C)[C@H]3OC(C)(C)O[C@@H]3C3=C(C)C(=O)C[C@@H]([C@@H](OCOC)[C@H]12)C3(C)C. The first kappa shape index (κ1) is 29.9. The molecule has 2 bridgehead atoms. The predicted molar refractivity (Wildman–Crippen MR) is 155 cm³/mol. The van der Waals surface area contributed by atoms with Crippen molar-refractivity contribution in [2.24, 2.45) is 22.7 Å². The standard InChI is InChI=1S/C34H44O7/c1-20-24(35)18-23-29(38-19-37-8)28-21(2)25(39-26(36)15-14-22-12-10-9-11-13-22)16-17-34(28,7)31-30(27(20)32(23,3)4)40-33(5,6)41-31/h9-15,23,25,28-31H,2,16-19H2,1,3-8H3/b15-14+/t23-,25-,28-,29+,30+,31-,34+/m0/s1. The van der Waals surface area contributed by atoms with Crippen LogP contribution in [0.25, 0.3) is 6.08 Å². The number of hydrogen-bond donors (Lipinski definition) is 0. The minimum Gasteiger partial charge on any atom is -0.455 e. The van der Waals surface area contributed by atoms with E-state index >= 15 is 0 Å². The summed E-state index contributed by atoms with van der Waals surface area (Å²) in [6, 6.07) is 9.64. The third-order valence-electron chi connectivity index (χ3n) is 9.92. The van der Waals surface area contributed by atoms with Crippen molar-refractivity contribution in [1.29, 1.82) is 0 Å². The summed E-state index contributed by atoms with van der Waals surface area (Å²) in [6.45, 7) is 17.0. The first-order valence-corrected chi connectivity index (χ1v) is 14.6. The lowest BCUT2D eigenvalue weighted by Gasteiger charge is -2.58. The van der Waals surface area contributed by atoms with Crippen molar-refractivity contribution in [3.05, 3.63) is 65.3 Å². The molecular weight excluding hydrogens is 520 g/mol. The monoisotopic (exact) mass is 564 g/mol. The average molecular weight is 565 g/mol. The number of carbonyl (C=O) groups is 2. The molecule has 41 heavy (non-hydrogen) atoms. The van der Waals surface area contributed by atoms with Gasteiger partial charge >= 0.3 is 5.97 Å². The molecule has 3 aliphatic carbocycles. The lowest BCUT2D eigenvalue weighted by atomic mass is 9.49. The Morgan fingerprint density at radius 1 is 1.12 bits per heavy atom. The molecule has 0 amide bonds. The number of benzene rings is 1. The predicted octanol–water partition coefficient (Wildman–Crippen LogP) is 6.04. The van der Waals surface area contributed by atoms with Crippen LogP contribution in [0.1, 0.15) is 66.4 Å². The van der Waals surface area contributed by atoms with Crippen LogP contribution >= 0.6 is 0 Å². The molecule has 1 aromatic carbocycles. The Bertz CT molecular complexity index is 1260. The molecule has 7 nitrogen and oxygen atoms in total. The van der Waals surface area contributed by atoms with Gasteiger partial charge in [-0.1, -0.05) is 57.7 Å². The lowest BCUT2D eigenvalue weighted by molar-refractivity contribution is -0.191. The molecule has 0 unspecified atom stereocenters. The summed E-state index contributed by atoms with van der Waals surface area (Å²) in [6.07, 6.45) is 3.23. The maximum absolute atomic E-state index is 13.5. The third-order valence-corrected chi connectivity index (χ3v) is 9.92. The van der Waals surface area contributed by atoms with Gasteiger partial charge in [0.1, 0.15) is 19.0 Å². The molecule has 1 aliphatic heterocycles. The first-order chi connectivity index (χ1) is 19.3.